The lowest BCUT2D eigenvalue weighted by Crippen LogP contribution is -2.00. The lowest BCUT2D eigenvalue weighted by atomic mass is 10.4. The van der Waals surface area contributed by atoms with Crippen LogP contribution in [0, 0.1) is 11.3 Å². The van der Waals surface area contributed by atoms with Crippen LogP contribution in [0.5, 0.6) is 0 Å². The second kappa shape index (κ2) is 5.05. The zero-order chi connectivity index (χ0) is 11.4. The molecule has 0 spiro atoms. The quantitative estimate of drug-likeness (QED) is 0.945. The molecule has 2 heterocycles. The van der Waals surface area contributed by atoms with E-state index in [-0.39, 0.29) is 0 Å². The van der Waals surface area contributed by atoms with Gasteiger partial charge in [-0.25, -0.2) is 9.97 Å². The number of anilines is 1. The zero-order valence-electron chi connectivity index (χ0n) is 8.14. The van der Waals surface area contributed by atoms with Crippen LogP contribution in [0.3, 0.4) is 0 Å². The van der Waals surface area contributed by atoms with Gasteiger partial charge in [-0.05, 0) is 28.1 Å². The molecule has 4 nitrogen and oxygen atoms in total. The van der Waals surface area contributed by atoms with Crippen LogP contribution in [-0.4, -0.2) is 9.97 Å². The minimum Gasteiger partial charge on any atom is -0.364 e. The predicted octanol–water partition coefficient (Wildman–Crippen LogP) is 2.78. The number of thiophene rings is 1. The van der Waals surface area contributed by atoms with Gasteiger partial charge in [0.1, 0.15) is 11.9 Å². The summed E-state index contributed by atoms with van der Waals surface area (Å²) >= 11 is 5.07. The smallest absolute Gasteiger partial charge is 0.158 e. The fourth-order valence-corrected chi connectivity index (χ4v) is 2.52. The van der Waals surface area contributed by atoms with Gasteiger partial charge < -0.3 is 5.32 Å². The summed E-state index contributed by atoms with van der Waals surface area (Å²) in [6.45, 7) is 0.705. The van der Waals surface area contributed by atoms with Crippen molar-refractivity contribution < 1.29 is 0 Å². The Morgan fingerprint density at radius 1 is 1.38 bits per heavy atom. The third-order valence-corrected chi connectivity index (χ3v) is 3.46. The minimum atomic E-state index is 0.324. The van der Waals surface area contributed by atoms with Crippen molar-refractivity contribution in [2.45, 2.75) is 6.54 Å². The van der Waals surface area contributed by atoms with Crippen molar-refractivity contribution in [2.75, 3.05) is 5.32 Å². The molecule has 0 aliphatic carbocycles. The third kappa shape index (κ3) is 2.78. The van der Waals surface area contributed by atoms with E-state index in [0.29, 0.717) is 18.1 Å². The van der Waals surface area contributed by atoms with Crippen molar-refractivity contribution in [3.63, 3.8) is 0 Å². The number of nitrogens with zero attached hydrogens (tertiary/aromatic N) is 3. The highest BCUT2D eigenvalue weighted by Gasteiger charge is 1.99. The molecule has 0 aromatic carbocycles. The Morgan fingerprint density at radius 2 is 2.25 bits per heavy atom. The highest BCUT2D eigenvalue weighted by molar-refractivity contribution is 9.11. The van der Waals surface area contributed by atoms with Crippen molar-refractivity contribution in [3.8, 4) is 6.07 Å². The summed E-state index contributed by atoms with van der Waals surface area (Å²) in [7, 11) is 0. The Kier molecular flexibility index (Phi) is 3.49. The second-order valence-corrected chi connectivity index (χ2v) is 5.51. The molecule has 0 saturated carbocycles. The van der Waals surface area contributed by atoms with E-state index >= 15 is 0 Å². The van der Waals surface area contributed by atoms with Gasteiger partial charge in [-0.2, -0.15) is 5.26 Å². The maximum absolute atomic E-state index is 8.56. The highest BCUT2D eigenvalue weighted by atomic mass is 79.9. The molecule has 0 atom stereocenters. The number of nitriles is 1. The molecule has 0 radical (unpaired) electrons. The van der Waals surface area contributed by atoms with Crippen LogP contribution in [-0.2, 0) is 6.54 Å². The highest BCUT2D eigenvalue weighted by Crippen LogP contribution is 2.22. The van der Waals surface area contributed by atoms with E-state index in [1.54, 1.807) is 17.5 Å². The van der Waals surface area contributed by atoms with Crippen molar-refractivity contribution in [1.82, 2.24) is 9.97 Å². The van der Waals surface area contributed by atoms with Crippen LogP contribution >= 0.6 is 27.3 Å². The molecule has 1 N–H and O–H groups in total. The van der Waals surface area contributed by atoms with E-state index in [0.717, 1.165) is 3.79 Å². The van der Waals surface area contributed by atoms with Crippen LogP contribution in [0.1, 0.15) is 10.6 Å². The Morgan fingerprint density at radius 3 is 2.81 bits per heavy atom. The van der Waals surface area contributed by atoms with Gasteiger partial charge in [0.15, 0.2) is 5.69 Å². The summed E-state index contributed by atoms with van der Waals surface area (Å²) in [5.74, 6) is 0.670. The van der Waals surface area contributed by atoms with E-state index in [2.05, 4.69) is 31.2 Å². The molecule has 0 amide bonds. The van der Waals surface area contributed by atoms with Crippen LogP contribution in [0.15, 0.2) is 28.3 Å². The summed E-state index contributed by atoms with van der Waals surface area (Å²) < 4.78 is 1.11. The van der Waals surface area contributed by atoms with Crippen molar-refractivity contribution in [2.24, 2.45) is 0 Å². The van der Waals surface area contributed by atoms with Gasteiger partial charge in [-0.3, -0.25) is 0 Å². The number of aromatic nitrogens is 2. The molecule has 16 heavy (non-hydrogen) atoms. The Bertz CT molecular complexity index is 514. The van der Waals surface area contributed by atoms with Gasteiger partial charge in [0, 0.05) is 4.88 Å². The molecule has 0 aliphatic heterocycles. The van der Waals surface area contributed by atoms with Gasteiger partial charge in [-0.1, -0.05) is 0 Å². The van der Waals surface area contributed by atoms with E-state index in [1.165, 1.54) is 11.1 Å². The molecular weight excluding hydrogens is 288 g/mol. The van der Waals surface area contributed by atoms with Crippen LogP contribution in [0.4, 0.5) is 5.82 Å². The molecule has 0 saturated heterocycles. The maximum atomic E-state index is 8.56. The maximum Gasteiger partial charge on any atom is 0.158 e. The van der Waals surface area contributed by atoms with Crippen LogP contribution in [0.2, 0.25) is 0 Å². The molecule has 80 valence electrons. The number of rotatable bonds is 3. The van der Waals surface area contributed by atoms with Crippen LogP contribution < -0.4 is 5.32 Å². The first kappa shape index (κ1) is 11.0. The Labute approximate surface area is 105 Å². The standard InChI is InChI=1S/C10H7BrN4S/c11-9-2-1-8(16-9)5-15-10-6-13-7(3-12)4-14-10/h1-2,4,6H,5H2,(H,14,15). The predicted molar refractivity (Wildman–Crippen MR) is 66.1 cm³/mol. The number of nitrogens with one attached hydrogen (secondary N) is 1. The first-order chi connectivity index (χ1) is 7.78. The average molecular weight is 295 g/mol. The topological polar surface area (TPSA) is 61.6 Å². The first-order valence-corrected chi connectivity index (χ1v) is 6.09. The summed E-state index contributed by atoms with van der Waals surface area (Å²) in [5.41, 5.74) is 0.324. The molecule has 0 aliphatic rings. The fraction of sp³-hybridized carbons (Fsp3) is 0.100. The summed E-state index contributed by atoms with van der Waals surface area (Å²) in [5, 5.41) is 11.7. The van der Waals surface area contributed by atoms with Crippen molar-refractivity contribution in [1.29, 1.82) is 5.26 Å². The molecule has 6 heteroatoms. The lowest BCUT2D eigenvalue weighted by Gasteiger charge is -2.02. The average Bonchev–Trinajstić information content (AvgIpc) is 2.73. The van der Waals surface area contributed by atoms with Crippen molar-refractivity contribution in [3.05, 3.63) is 38.9 Å². The number of hydrogen-bond donors (Lipinski definition) is 1. The Balaban J connectivity index is 1.97. The van der Waals surface area contributed by atoms with E-state index in [1.807, 2.05) is 18.2 Å². The van der Waals surface area contributed by atoms with Crippen molar-refractivity contribution >= 4 is 33.1 Å². The summed E-state index contributed by atoms with van der Waals surface area (Å²) in [6, 6.07) is 5.97. The number of hydrogen-bond acceptors (Lipinski definition) is 5. The first-order valence-electron chi connectivity index (χ1n) is 4.48. The van der Waals surface area contributed by atoms with Gasteiger partial charge in [0.2, 0.25) is 0 Å². The molecular formula is C10H7BrN4S. The van der Waals surface area contributed by atoms with Gasteiger partial charge in [0.05, 0.1) is 22.7 Å². The third-order valence-electron chi connectivity index (χ3n) is 1.84. The molecule has 2 aromatic heterocycles. The monoisotopic (exact) mass is 294 g/mol. The zero-order valence-corrected chi connectivity index (χ0v) is 10.5. The second-order valence-electron chi connectivity index (χ2n) is 2.96. The van der Waals surface area contributed by atoms with Gasteiger partial charge >= 0.3 is 0 Å². The molecule has 2 rings (SSSR count). The largest absolute Gasteiger partial charge is 0.364 e. The molecule has 0 unspecified atom stereocenters. The fourth-order valence-electron chi connectivity index (χ4n) is 1.10. The Hall–Kier alpha value is -1.45. The van der Waals surface area contributed by atoms with Gasteiger partial charge in [-0.15, -0.1) is 11.3 Å². The van der Waals surface area contributed by atoms with Crippen LogP contribution in [0.25, 0.3) is 0 Å². The summed E-state index contributed by atoms with van der Waals surface area (Å²) in [6.07, 6.45) is 3.01. The number of halogens is 1. The van der Waals surface area contributed by atoms with E-state index < -0.39 is 0 Å². The normalized spacial score (nSPS) is 9.75. The lowest BCUT2D eigenvalue weighted by molar-refractivity contribution is 1.09. The molecule has 0 bridgehead atoms. The molecule has 0 fully saturated rings. The molecule has 2 aromatic rings. The summed E-state index contributed by atoms with van der Waals surface area (Å²) in [4.78, 5) is 9.20. The SMILES string of the molecule is N#Cc1cnc(NCc2ccc(Br)s2)cn1. The van der Waals surface area contributed by atoms with E-state index in [4.69, 9.17) is 5.26 Å². The minimum absolute atomic E-state index is 0.324. The van der Waals surface area contributed by atoms with E-state index in [9.17, 15) is 0 Å². The van der Waals surface area contributed by atoms with Gasteiger partial charge in [0.25, 0.3) is 0 Å².